The lowest BCUT2D eigenvalue weighted by Crippen LogP contribution is -2.37. The first-order valence-corrected chi connectivity index (χ1v) is 7.47. The zero-order valence-corrected chi connectivity index (χ0v) is 12.9. The van der Waals surface area contributed by atoms with Crippen LogP contribution in [0.25, 0.3) is 0 Å². The SMILES string of the molecule is CCC(C)(CCOC(C)(CC)O[PH](=O)O)OC(N)=O. The molecule has 0 heterocycles. The summed E-state index contributed by atoms with van der Waals surface area (Å²) in [6, 6.07) is 0. The van der Waals surface area contributed by atoms with Gasteiger partial charge in [0.2, 0.25) is 0 Å². The van der Waals surface area contributed by atoms with Gasteiger partial charge in [0.25, 0.3) is 0 Å². The van der Waals surface area contributed by atoms with Crippen molar-refractivity contribution in [3.8, 4) is 0 Å². The zero-order chi connectivity index (χ0) is 15.1. The molecule has 0 aliphatic carbocycles. The van der Waals surface area contributed by atoms with Crippen molar-refractivity contribution < 1.29 is 28.3 Å². The van der Waals surface area contributed by atoms with Gasteiger partial charge in [-0.05, 0) is 26.7 Å². The van der Waals surface area contributed by atoms with Crippen LogP contribution in [-0.4, -0.2) is 29.0 Å². The number of hydrogen-bond donors (Lipinski definition) is 2. The summed E-state index contributed by atoms with van der Waals surface area (Å²) >= 11 is 0. The van der Waals surface area contributed by atoms with E-state index in [0.717, 1.165) is 0 Å². The summed E-state index contributed by atoms with van der Waals surface area (Å²) in [6.07, 6.45) is 0.583. The van der Waals surface area contributed by atoms with Crippen LogP contribution >= 0.6 is 8.25 Å². The number of carbonyl (C=O) groups is 1. The van der Waals surface area contributed by atoms with E-state index < -0.39 is 25.7 Å². The van der Waals surface area contributed by atoms with Crippen LogP contribution in [0.5, 0.6) is 0 Å². The van der Waals surface area contributed by atoms with Crippen molar-refractivity contribution in [1.29, 1.82) is 0 Å². The van der Waals surface area contributed by atoms with Gasteiger partial charge >= 0.3 is 14.3 Å². The van der Waals surface area contributed by atoms with Gasteiger partial charge in [0.15, 0.2) is 5.79 Å². The van der Waals surface area contributed by atoms with E-state index in [1.165, 1.54) is 0 Å². The normalized spacial score (nSPS) is 19.2. The lowest BCUT2D eigenvalue weighted by molar-refractivity contribution is -0.179. The molecule has 7 nitrogen and oxygen atoms in total. The van der Waals surface area contributed by atoms with Gasteiger partial charge in [-0.3, -0.25) is 9.09 Å². The van der Waals surface area contributed by atoms with Gasteiger partial charge in [-0.2, -0.15) is 0 Å². The van der Waals surface area contributed by atoms with E-state index in [2.05, 4.69) is 0 Å². The number of amides is 1. The van der Waals surface area contributed by atoms with Crippen molar-refractivity contribution in [2.24, 2.45) is 5.73 Å². The number of carbonyl (C=O) groups excluding carboxylic acids is 1. The molecule has 0 aromatic rings. The number of ether oxygens (including phenoxy) is 2. The molecule has 0 aromatic heterocycles. The molecule has 3 atom stereocenters. The van der Waals surface area contributed by atoms with Crippen LogP contribution in [0.1, 0.15) is 47.0 Å². The number of nitrogens with two attached hydrogens (primary N) is 1. The van der Waals surface area contributed by atoms with E-state index in [-0.39, 0.29) is 6.61 Å². The number of rotatable bonds is 9. The van der Waals surface area contributed by atoms with E-state index in [4.69, 9.17) is 24.6 Å². The lowest BCUT2D eigenvalue weighted by atomic mass is 9.99. The topological polar surface area (TPSA) is 108 Å². The summed E-state index contributed by atoms with van der Waals surface area (Å²) in [7, 11) is -3.07. The van der Waals surface area contributed by atoms with E-state index in [1.54, 1.807) is 20.8 Å². The minimum absolute atomic E-state index is 0.219. The third kappa shape index (κ3) is 7.52. The van der Waals surface area contributed by atoms with Crippen molar-refractivity contribution in [3.63, 3.8) is 0 Å². The van der Waals surface area contributed by atoms with Gasteiger partial charge in [-0.25, -0.2) is 4.79 Å². The summed E-state index contributed by atoms with van der Waals surface area (Å²) in [5.74, 6) is -1.12. The second kappa shape index (κ2) is 7.85. The second-order valence-corrected chi connectivity index (χ2v) is 5.41. The summed E-state index contributed by atoms with van der Waals surface area (Å²) < 4.78 is 26.1. The Labute approximate surface area is 114 Å². The maximum Gasteiger partial charge on any atom is 0.405 e. The van der Waals surface area contributed by atoms with E-state index in [0.29, 0.717) is 19.3 Å². The molecule has 8 heteroatoms. The molecule has 3 N–H and O–H groups in total. The predicted octanol–water partition coefficient (Wildman–Crippen LogP) is 2.18. The Morgan fingerprint density at radius 2 is 1.89 bits per heavy atom. The molecule has 19 heavy (non-hydrogen) atoms. The van der Waals surface area contributed by atoms with Crippen molar-refractivity contribution in [2.45, 2.75) is 58.3 Å². The molecule has 3 unspecified atom stereocenters. The Balaban J connectivity index is 4.38. The first-order chi connectivity index (χ1) is 8.66. The maximum absolute atomic E-state index is 10.8. The van der Waals surface area contributed by atoms with E-state index in [1.807, 2.05) is 6.92 Å². The standard InChI is InChI=1S/C11H24NO6P/c1-5-10(3,17-9(12)13)7-8-16-11(4,6-2)18-19(14)15/h19H,5-8H2,1-4H3,(H2,12,13)(H,14,15). The predicted molar refractivity (Wildman–Crippen MR) is 70.9 cm³/mol. The van der Waals surface area contributed by atoms with Gasteiger partial charge in [0, 0.05) is 6.42 Å². The Morgan fingerprint density at radius 1 is 1.32 bits per heavy atom. The molecule has 0 saturated carbocycles. The third-order valence-electron chi connectivity index (χ3n) is 3.08. The summed E-state index contributed by atoms with van der Waals surface area (Å²) in [6.45, 7) is 7.20. The van der Waals surface area contributed by atoms with Crippen LogP contribution in [0.4, 0.5) is 4.79 Å². The highest BCUT2D eigenvalue weighted by Gasteiger charge is 2.30. The minimum atomic E-state index is -3.07. The van der Waals surface area contributed by atoms with Crippen LogP contribution in [0, 0.1) is 0 Å². The van der Waals surface area contributed by atoms with Gasteiger partial charge < -0.3 is 20.1 Å². The molecular weight excluding hydrogens is 273 g/mol. The van der Waals surface area contributed by atoms with Crippen LogP contribution in [0.3, 0.4) is 0 Å². The maximum atomic E-state index is 10.8. The minimum Gasteiger partial charge on any atom is -0.443 e. The van der Waals surface area contributed by atoms with E-state index in [9.17, 15) is 9.36 Å². The lowest BCUT2D eigenvalue weighted by Gasteiger charge is -2.31. The number of primary amides is 1. The molecule has 0 aliphatic heterocycles. The Bertz CT molecular complexity index is 296. The molecule has 0 spiro atoms. The zero-order valence-electron chi connectivity index (χ0n) is 11.9. The van der Waals surface area contributed by atoms with Crippen molar-refractivity contribution >= 4 is 14.3 Å². The second-order valence-electron chi connectivity index (χ2n) is 4.68. The molecule has 114 valence electrons. The monoisotopic (exact) mass is 297 g/mol. The first kappa shape index (κ1) is 18.4. The highest BCUT2D eigenvalue weighted by Crippen LogP contribution is 2.30. The van der Waals surface area contributed by atoms with Crippen LogP contribution in [0.15, 0.2) is 0 Å². The average molecular weight is 297 g/mol. The summed E-state index contributed by atoms with van der Waals surface area (Å²) in [5.41, 5.74) is 4.29. The quantitative estimate of drug-likeness (QED) is 0.499. The smallest absolute Gasteiger partial charge is 0.405 e. The van der Waals surface area contributed by atoms with E-state index >= 15 is 0 Å². The summed E-state index contributed by atoms with van der Waals surface area (Å²) in [5, 5.41) is 0. The molecule has 0 bridgehead atoms. The van der Waals surface area contributed by atoms with Crippen LogP contribution in [-0.2, 0) is 18.6 Å². The Hall–Kier alpha value is -0.620. The fourth-order valence-electron chi connectivity index (χ4n) is 1.41. The highest BCUT2D eigenvalue weighted by molar-refractivity contribution is 7.32. The molecule has 0 aliphatic rings. The molecule has 0 rings (SSSR count). The third-order valence-corrected chi connectivity index (χ3v) is 3.69. The van der Waals surface area contributed by atoms with Crippen LogP contribution < -0.4 is 5.73 Å². The van der Waals surface area contributed by atoms with Gasteiger partial charge in [0.1, 0.15) is 5.60 Å². The largest absolute Gasteiger partial charge is 0.443 e. The van der Waals surface area contributed by atoms with Crippen molar-refractivity contribution in [2.75, 3.05) is 6.61 Å². The van der Waals surface area contributed by atoms with Crippen molar-refractivity contribution in [1.82, 2.24) is 0 Å². The molecular formula is C11H24NO6P. The van der Waals surface area contributed by atoms with Gasteiger partial charge in [-0.15, -0.1) is 0 Å². The first-order valence-electron chi connectivity index (χ1n) is 6.20. The fraction of sp³-hybridized carbons (Fsp3) is 0.909. The van der Waals surface area contributed by atoms with Crippen LogP contribution in [0.2, 0.25) is 0 Å². The average Bonchev–Trinajstić information content (AvgIpc) is 2.27. The van der Waals surface area contributed by atoms with Crippen molar-refractivity contribution in [3.05, 3.63) is 0 Å². The molecule has 0 fully saturated rings. The Morgan fingerprint density at radius 3 is 2.26 bits per heavy atom. The molecule has 0 aromatic carbocycles. The summed E-state index contributed by atoms with van der Waals surface area (Å²) in [4.78, 5) is 19.6. The number of hydrogen-bond acceptors (Lipinski definition) is 5. The Kier molecular flexibility index (Phi) is 7.59. The van der Waals surface area contributed by atoms with Gasteiger partial charge in [0.05, 0.1) is 6.61 Å². The molecule has 0 saturated heterocycles. The fourth-order valence-corrected chi connectivity index (χ4v) is 1.99. The van der Waals surface area contributed by atoms with Gasteiger partial charge in [-0.1, -0.05) is 13.8 Å². The molecule has 0 radical (unpaired) electrons. The molecule has 1 amide bonds. The highest BCUT2D eigenvalue weighted by atomic mass is 31.1.